The maximum Gasteiger partial charge on any atom is 0.270 e. The normalized spacial score (nSPS) is 27.2. The number of rotatable bonds is 2. The van der Waals surface area contributed by atoms with Crippen LogP contribution < -0.4 is 0 Å². The summed E-state index contributed by atoms with van der Waals surface area (Å²) in [6.07, 6.45) is 3.01. The van der Waals surface area contributed by atoms with Gasteiger partial charge in [0, 0.05) is 38.0 Å². The van der Waals surface area contributed by atoms with Gasteiger partial charge >= 0.3 is 0 Å². The third-order valence-electron chi connectivity index (χ3n) is 5.51. The number of ether oxygens (including phenoxy) is 2. The van der Waals surface area contributed by atoms with Crippen molar-refractivity contribution in [1.29, 1.82) is 0 Å². The Bertz CT molecular complexity index is 769. The second-order valence-corrected chi connectivity index (χ2v) is 7.03. The van der Waals surface area contributed by atoms with E-state index in [0.717, 1.165) is 42.4 Å². The van der Waals surface area contributed by atoms with Crippen LogP contribution >= 0.6 is 0 Å². The Balaban J connectivity index is 1.58. The number of hydrogen-bond acceptors (Lipinski definition) is 3. The van der Waals surface area contributed by atoms with E-state index in [1.54, 1.807) is 7.11 Å². The Kier molecular flexibility index (Phi) is 3.85. The Morgan fingerprint density at radius 2 is 2.21 bits per heavy atom. The standard InChI is InChI=1S/C19H24N2O3/c1-20-16-7-4-3-6-14(16)10-17(20)18(22)21-9-5-8-19(13-21)11-15(23-2)12-24-19/h3-4,6-7,10,15H,5,8-9,11-13H2,1-2H3/t15-,19-/m1/s1. The van der Waals surface area contributed by atoms with E-state index in [0.29, 0.717) is 13.2 Å². The SMILES string of the molecule is CO[C@H]1CO[C@]2(CCCN(C(=O)c3cc4ccccc4n3C)C2)C1. The molecule has 0 aliphatic carbocycles. The van der Waals surface area contributed by atoms with Gasteiger partial charge in [-0.25, -0.2) is 0 Å². The largest absolute Gasteiger partial charge is 0.379 e. The summed E-state index contributed by atoms with van der Waals surface area (Å²) < 4.78 is 13.5. The summed E-state index contributed by atoms with van der Waals surface area (Å²) in [4.78, 5) is 15.1. The molecule has 0 unspecified atom stereocenters. The van der Waals surface area contributed by atoms with Gasteiger partial charge in [0.1, 0.15) is 5.69 Å². The molecule has 24 heavy (non-hydrogen) atoms. The molecule has 128 valence electrons. The van der Waals surface area contributed by atoms with Crippen molar-refractivity contribution < 1.29 is 14.3 Å². The van der Waals surface area contributed by atoms with Crippen molar-refractivity contribution in [1.82, 2.24) is 9.47 Å². The van der Waals surface area contributed by atoms with Gasteiger partial charge in [0.2, 0.25) is 0 Å². The number of aryl methyl sites for hydroxylation is 1. The van der Waals surface area contributed by atoms with E-state index in [2.05, 4.69) is 0 Å². The molecule has 4 rings (SSSR count). The monoisotopic (exact) mass is 328 g/mol. The van der Waals surface area contributed by atoms with Crippen LogP contribution in [-0.4, -0.2) is 53.9 Å². The van der Waals surface area contributed by atoms with Crippen LogP contribution in [0.2, 0.25) is 0 Å². The molecule has 1 amide bonds. The van der Waals surface area contributed by atoms with Crippen molar-refractivity contribution in [3.05, 3.63) is 36.0 Å². The number of fused-ring (bicyclic) bond motifs is 1. The van der Waals surface area contributed by atoms with Crippen molar-refractivity contribution in [3.8, 4) is 0 Å². The van der Waals surface area contributed by atoms with E-state index in [-0.39, 0.29) is 17.6 Å². The number of para-hydroxylation sites is 1. The molecule has 2 aliphatic heterocycles. The molecule has 1 spiro atoms. The minimum absolute atomic E-state index is 0.0947. The van der Waals surface area contributed by atoms with E-state index in [1.807, 2.05) is 46.8 Å². The van der Waals surface area contributed by atoms with E-state index in [9.17, 15) is 4.79 Å². The smallest absolute Gasteiger partial charge is 0.270 e. The van der Waals surface area contributed by atoms with Gasteiger partial charge in [-0.3, -0.25) is 4.79 Å². The second-order valence-electron chi connectivity index (χ2n) is 7.03. The second kappa shape index (κ2) is 5.90. The lowest BCUT2D eigenvalue weighted by Crippen LogP contribution is -2.50. The zero-order valence-electron chi connectivity index (χ0n) is 14.3. The van der Waals surface area contributed by atoms with Gasteiger partial charge in [-0.2, -0.15) is 0 Å². The molecule has 5 nitrogen and oxygen atoms in total. The molecule has 5 heteroatoms. The average Bonchev–Trinajstić information content (AvgIpc) is 3.16. The van der Waals surface area contributed by atoms with Gasteiger partial charge < -0.3 is 18.9 Å². The van der Waals surface area contributed by atoms with E-state index >= 15 is 0 Å². The molecular formula is C19H24N2O3. The third-order valence-corrected chi connectivity index (χ3v) is 5.51. The van der Waals surface area contributed by atoms with Gasteiger partial charge in [0.05, 0.1) is 24.9 Å². The van der Waals surface area contributed by atoms with Crippen LogP contribution in [0.4, 0.5) is 0 Å². The molecule has 0 radical (unpaired) electrons. The zero-order chi connectivity index (χ0) is 16.7. The lowest BCUT2D eigenvalue weighted by molar-refractivity contribution is -0.0460. The van der Waals surface area contributed by atoms with Gasteiger partial charge in [-0.15, -0.1) is 0 Å². The van der Waals surface area contributed by atoms with Gasteiger partial charge in [-0.05, 0) is 25.0 Å². The Morgan fingerprint density at radius 1 is 1.38 bits per heavy atom. The molecule has 0 bridgehead atoms. The lowest BCUT2D eigenvalue weighted by Gasteiger charge is -2.39. The molecule has 1 aromatic heterocycles. The fourth-order valence-corrected chi connectivity index (χ4v) is 4.17. The van der Waals surface area contributed by atoms with Gasteiger partial charge in [-0.1, -0.05) is 18.2 Å². The highest BCUT2D eigenvalue weighted by molar-refractivity contribution is 5.98. The Labute approximate surface area is 142 Å². The molecule has 2 atom stereocenters. The number of carbonyl (C=O) groups is 1. The predicted molar refractivity (Wildman–Crippen MR) is 92.2 cm³/mol. The summed E-state index contributed by atoms with van der Waals surface area (Å²) in [5.41, 5.74) is 1.61. The van der Waals surface area contributed by atoms with Crippen molar-refractivity contribution in [2.45, 2.75) is 31.0 Å². The number of piperidine rings is 1. The van der Waals surface area contributed by atoms with Crippen molar-refractivity contribution in [2.24, 2.45) is 7.05 Å². The first-order chi connectivity index (χ1) is 11.6. The first kappa shape index (κ1) is 15.7. The van der Waals surface area contributed by atoms with Crippen LogP contribution in [0.5, 0.6) is 0 Å². The molecule has 0 N–H and O–H groups in total. The zero-order valence-corrected chi connectivity index (χ0v) is 14.3. The van der Waals surface area contributed by atoms with Crippen LogP contribution in [0.3, 0.4) is 0 Å². The molecule has 2 aliphatic rings. The first-order valence-corrected chi connectivity index (χ1v) is 8.62. The van der Waals surface area contributed by atoms with Gasteiger partial charge in [0.25, 0.3) is 5.91 Å². The van der Waals surface area contributed by atoms with Crippen molar-refractivity contribution in [3.63, 3.8) is 0 Å². The summed E-state index contributed by atoms with van der Waals surface area (Å²) in [6.45, 7) is 2.09. The van der Waals surface area contributed by atoms with Crippen LogP contribution in [0, 0.1) is 0 Å². The molecule has 3 heterocycles. The number of likely N-dealkylation sites (tertiary alicyclic amines) is 1. The number of hydrogen-bond donors (Lipinski definition) is 0. The summed E-state index contributed by atoms with van der Waals surface area (Å²) in [6, 6.07) is 10.1. The van der Waals surface area contributed by atoms with E-state index in [1.165, 1.54) is 0 Å². The predicted octanol–water partition coefficient (Wildman–Crippen LogP) is 2.59. The van der Waals surface area contributed by atoms with Crippen molar-refractivity contribution in [2.75, 3.05) is 26.8 Å². The van der Waals surface area contributed by atoms with Crippen molar-refractivity contribution >= 4 is 16.8 Å². The molecule has 2 aromatic rings. The minimum Gasteiger partial charge on any atom is -0.379 e. The van der Waals surface area contributed by atoms with Crippen LogP contribution in [0.25, 0.3) is 10.9 Å². The summed E-state index contributed by atoms with van der Waals surface area (Å²) in [5.74, 6) is 0.0947. The minimum atomic E-state index is -0.223. The number of aromatic nitrogens is 1. The number of benzene rings is 1. The fourth-order valence-electron chi connectivity index (χ4n) is 4.17. The third kappa shape index (κ3) is 2.52. The maximum absolute atomic E-state index is 13.1. The summed E-state index contributed by atoms with van der Waals surface area (Å²) in [7, 11) is 3.69. The maximum atomic E-state index is 13.1. The van der Waals surface area contributed by atoms with E-state index < -0.39 is 0 Å². The lowest BCUT2D eigenvalue weighted by atomic mass is 9.89. The van der Waals surface area contributed by atoms with Crippen LogP contribution in [-0.2, 0) is 16.5 Å². The highest BCUT2D eigenvalue weighted by atomic mass is 16.6. The molecule has 0 saturated carbocycles. The highest BCUT2D eigenvalue weighted by Gasteiger charge is 2.45. The Morgan fingerprint density at radius 3 is 2.96 bits per heavy atom. The Hall–Kier alpha value is -1.85. The number of methoxy groups -OCH3 is 1. The molecule has 2 saturated heterocycles. The number of amides is 1. The first-order valence-electron chi connectivity index (χ1n) is 8.62. The molecular weight excluding hydrogens is 304 g/mol. The van der Waals surface area contributed by atoms with Gasteiger partial charge in [0.15, 0.2) is 0 Å². The average molecular weight is 328 g/mol. The summed E-state index contributed by atoms with van der Waals surface area (Å²) in [5, 5.41) is 1.10. The highest BCUT2D eigenvalue weighted by Crippen LogP contribution is 2.36. The van der Waals surface area contributed by atoms with Crippen LogP contribution in [0.15, 0.2) is 30.3 Å². The van der Waals surface area contributed by atoms with E-state index in [4.69, 9.17) is 9.47 Å². The summed E-state index contributed by atoms with van der Waals surface area (Å²) >= 11 is 0. The van der Waals surface area contributed by atoms with Crippen LogP contribution in [0.1, 0.15) is 29.8 Å². The number of nitrogens with zero attached hydrogens (tertiary/aromatic N) is 2. The molecule has 2 fully saturated rings. The fraction of sp³-hybridized carbons (Fsp3) is 0.526. The molecule has 1 aromatic carbocycles. The topological polar surface area (TPSA) is 43.7 Å². The quantitative estimate of drug-likeness (QED) is 0.851. The number of carbonyl (C=O) groups excluding carboxylic acids is 1.